The second kappa shape index (κ2) is 8.19. The second-order valence-corrected chi connectivity index (χ2v) is 7.41. The van der Waals surface area contributed by atoms with E-state index >= 15 is 0 Å². The smallest absolute Gasteiger partial charge is 0.345 e. The largest absolute Gasteiger partial charge is 0.353 e. The van der Waals surface area contributed by atoms with E-state index in [4.69, 9.17) is 0 Å². The minimum atomic E-state index is -0.524. The van der Waals surface area contributed by atoms with Gasteiger partial charge in [-0.2, -0.15) is 0 Å². The summed E-state index contributed by atoms with van der Waals surface area (Å²) in [6.45, 7) is 0. The molecule has 0 unspecified atom stereocenters. The summed E-state index contributed by atoms with van der Waals surface area (Å²) in [5, 5.41) is 14.6. The maximum Gasteiger partial charge on any atom is 0.345 e. The van der Waals surface area contributed by atoms with Crippen LogP contribution in [-0.4, -0.2) is 25.8 Å². The van der Waals surface area contributed by atoms with Crippen molar-refractivity contribution in [3.8, 4) is 11.4 Å². The average Bonchev–Trinajstić information content (AvgIpc) is 3.34. The van der Waals surface area contributed by atoms with Gasteiger partial charge in [-0.25, -0.2) is 4.98 Å². The van der Waals surface area contributed by atoms with Gasteiger partial charge in [-0.3, -0.25) is 19.9 Å². The number of carbonyl (C=O) groups excluding carboxylic acids is 1. The van der Waals surface area contributed by atoms with Crippen molar-refractivity contribution in [3.63, 3.8) is 0 Å². The van der Waals surface area contributed by atoms with Crippen LogP contribution in [0.5, 0.6) is 0 Å². The van der Waals surface area contributed by atoms with Crippen LogP contribution in [0.1, 0.15) is 18.4 Å². The number of para-hydroxylation sites is 1. The van der Waals surface area contributed by atoms with E-state index in [0.29, 0.717) is 12.8 Å². The molecule has 8 nitrogen and oxygen atoms in total. The third-order valence-electron chi connectivity index (χ3n) is 4.49. The number of hydrogen-bond acceptors (Lipinski definition) is 6. The molecule has 0 fully saturated rings. The molecule has 0 aliphatic heterocycles. The lowest BCUT2D eigenvalue weighted by molar-refractivity contribution is -0.380. The summed E-state index contributed by atoms with van der Waals surface area (Å²) >= 11 is 0.847. The van der Waals surface area contributed by atoms with Gasteiger partial charge in [0.15, 0.2) is 5.13 Å². The molecule has 1 aromatic carbocycles. The number of aryl methyl sites for hydroxylation is 1. The molecule has 3 aromatic heterocycles. The maximum absolute atomic E-state index is 12.2. The Balaban J connectivity index is 1.46. The van der Waals surface area contributed by atoms with E-state index < -0.39 is 4.92 Å². The number of nitrogens with one attached hydrogen (secondary N) is 2. The standard InChI is InChI=1S/C20H17N5O3S/c26-17(24-20-22-12-18(29-20)25(27)28)10-5-7-14-13-6-1-2-8-15(13)23-19(14)16-9-3-4-11-21-16/h1-4,6,8-9,11-12,23H,5,7,10H2,(H,22,24,26). The summed E-state index contributed by atoms with van der Waals surface area (Å²) in [6, 6.07) is 13.8. The zero-order valence-corrected chi connectivity index (χ0v) is 16.1. The molecular formula is C20H17N5O3S. The summed E-state index contributed by atoms with van der Waals surface area (Å²) in [6.07, 6.45) is 4.51. The topological polar surface area (TPSA) is 114 Å². The summed E-state index contributed by atoms with van der Waals surface area (Å²) in [7, 11) is 0. The normalized spacial score (nSPS) is 10.9. The number of aromatic nitrogens is 3. The molecule has 1 amide bonds. The number of benzene rings is 1. The molecule has 0 aliphatic rings. The Morgan fingerprint density at radius 3 is 2.76 bits per heavy atom. The van der Waals surface area contributed by atoms with Gasteiger partial charge in [0.2, 0.25) is 5.91 Å². The van der Waals surface area contributed by atoms with Crippen molar-refractivity contribution in [2.24, 2.45) is 0 Å². The predicted molar refractivity (Wildman–Crippen MR) is 112 cm³/mol. The van der Waals surface area contributed by atoms with Crippen LogP contribution in [0.2, 0.25) is 0 Å². The van der Waals surface area contributed by atoms with Crippen molar-refractivity contribution in [2.75, 3.05) is 5.32 Å². The van der Waals surface area contributed by atoms with Crippen LogP contribution in [-0.2, 0) is 11.2 Å². The van der Waals surface area contributed by atoms with E-state index in [0.717, 1.165) is 45.4 Å². The van der Waals surface area contributed by atoms with Crippen LogP contribution in [0.4, 0.5) is 10.1 Å². The lowest BCUT2D eigenvalue weighted by Gasteiger charge is -2.05. The number of thiazole rings is 1. The quantitative estimate of drug-likeness (QED) is 0.344. The number of fused-ring (bicyclic) bond motifs is 1. The Bertz CT molecular complexity index is 1170. The Morgan fingerprint density at radius 1 is 1.17 bits per heavy atom. The molecule has 3 heterocycles. The van der Waals surface area contributed by atoms with Gasteiger partial charge in [0.1, 0.15) is 6.20 Å². The van der Waals surface area contributed by atoms with Crippen LogP contribution in [0.25, 0.3) is 22.3 Å². The molecule has 0 aliphatic carbocycles. The highest BCUT2D eigenvalue weighted by Crippen LogP contribution is 2.30. The fraction of sp³-hybridized carbons (Fsp3) is 0.150. The number of pyridine rings is 1. The number of carbonyl (C=O) groups is 1. The Kier molecular flexibility index (Phi) is 5.30. The molecule has 0 radical (unpaired) electrons. The van der Waals surface area contributed by atoms with Gasteiger partial charge in [-0.15, -0.1) is 0 Å². The molecule has 0 saturated heterocycles. The van der Waals surface area contributed by atoms with E-state index in [1.165, 1.54) is 0 Å². The van der Waals surface area contributed by atoms with Gasteiger partial charge in [0.05, 0.1) is 16.3 Å². The number of aromatic amines is 1. The number of nitro groups is 1. The van der Waals surface area contributed by atoms with Crippen molar-refractivity contribution in [1.82, 2.24) is 15.0 Å². The lowest BCUT2D eigenvalue weighted by Crippen LogP contribution is -2.11. The summed E-state index contributed by atoms with van der Waals surface area (Å²) < 4.78 is 0. The minimum absolute atomic E-state index is 0.0981. The van der Waals surface area contributed by atoms with Crippen molar-refractivity contribution in [1.29, 1.82) is 0 Å². The Labute approximate surface area is 169 Å². The van der Waals surface area contributed by atoms with Crippen LogP contribution in [0, 0.1) is 10.1 Å². The molecule has 0 atom stereocenters. The first-order valence-corrected chi connectivity index (χ1v) is 9.84. The molecular weight excluding hydrogens is 390 g/mol. The van der Waals surface area contributed by atoms with Gasteiger partial charge in [-0.1, -0.05) is 24.3 Å². The summed E-state index contributed by atoms with van der Waals surface area (Å²) in [5.74, 6) is -0.214. The number of nitrogens with zero attached hydrogens (tertiary/aromatic N) is 3. The Morgan fingerprint density at radius 2 is 2.00 bits per heavy atom. The van der Waals surface area contributed by atoms with E-state index in [-0.39, 0.29) is 22.5 Å². The lowest BCUT2D eigenvalue weighted by atomic mass is 10.0. The van der Waals surface area contributed by atoms with Gasteiger partial charge >= 0.3 is 5.00 Å². The zero-order valence-electron chi connectivity index (χ0n) is 15.3. The van der Waals surface area contributed by atoms with E-state index in [1.54, 1.807) is 6.20 Å². The van der Waals surface area contributed by atoms with Crippen molar-refractivity contribution < 1.29 is 9.72 Å². The minimum Gasteiger partial charge on any atom is -0.353 e. The summed E-state index contributed by atoms with van der Waals surface area (Å²) in [5.41, 5.74) is 3.97. The molecule has 9 heteroatoms. The number of anilines is 1. The number of H-pyrrole nitrogens is 1. The highest BCUT2D eigenvalue weighted by Gasteiger charge is 2.16. The van der Waals surface area contributed by atoms with Crippen LogP contribution in [0.15, 0.2) is 54.9 Å². The van der Waals surface area contributed by atoms with Crippen molar-refractivity contribution in [3.05, 3.63) is 70.5 Å². The molecule has 4 aromatic rings. The number of amides is 1. The molecule has 0 spiro atoms. The van der Waals surface area contributed by atoms with Gasteiger partial charge in [0, 0.05) is 23.5 Å². The average molecular weight is 407 g/mol. The molecule has 146 valence electrons. The highest BCUT2D eigenvalue weighted by atomic mass is 32.1. The first-order chi connectivity index (χ1) is 14.1. The monoisotopic (exact) mass is 407 g/mol. The SMILES string of the molecule is O=C(CCCc1c(-c2ccccn2)[nH]c2ccccc12)Nc1ncc([N+](=O)[O-])s1. The zero-order chi connectivity index (χ0) is 20.2. The van der Waals surface area contributed by atoms with E-state index in [9.17, 15) is 14.9 Å². The Hall–Kier alpha value is -3.59. The van der Waals surface area contributed by atoms with Gasteiger partial charge in [-0.05, 0) is 47.9 Å². The van der Waals surface area contributed by atoms with Crippen LogP contribution in [0.3, 0.4) is 0 Å². The second-order valence-electron chi connectivity index (χ2n) is 6.40. The third kappa shape index (κ3) is 4.14. The molecule has 0 saturated carbocycles. The van der Waals surface area contributed by atoms with Crippen molar-refractivity contribution in [2.45, 2.75) is 19.3 Å². The van der Waals surface area contributed by atoms with E-state index in [2.05, 4.69) is 26.3 Å². The first kappa shape index (κ1) is 18.8. The number of hydrogen-bond donors (Lipinski definition) is 2. The molecule has 2 N–H and O–H groups in total. The van der Waals surface area contributed by atoms with Crippen LogP contribution < -0.4 is 5.32 Å². The molecule has 0 bridgehead atoms. The molecule has 4 rings (SSSR count). The fourth-order valence-corrected chi connectivity index (χ4v) is 3.85. The predicted octanol–water partition coefficient (Wildman–Crippen LogP) is 4.56. The highest BCUT2D eigenvalue weighted by molar-refractivity contribution is 7.18. The first-order valence-electron chi connectivity index (χ1n) is 9.03. The van der Waals surface area contributed by atoms with Crippen molar-refractivity contribution >= 4 is 38.3 Å². The van der Waals surface area contributed by atoms with Crippen LogP contribution >= 0.6 is 11.3 Å². The maximum atomic E-state index is 12.2. The third-order valence-corrected chi connectivity index (χ3v) is 5.35. The molecule has 29 heavy (non-hydrogen) atoms. The van der Waals surface area contributed by atoms with Gasteiger partial charge in [0.25, 0.3) is 0 Å². The number of rotatable bonds is 7. The fourth-order valence-electron chi connectivity index (χ4n) is 3.20. The summed E-state index contributed by atoms with van der Waals surface area (Å²) in [4.78, 5) is 34.1. The van der Waals surface area contributed by atoms with Gasteiger partial charge < -0.3 is 10.3 Å². The van der Waals surface area contributed by atoms with E-state index in [1.807, 2.05) is 36.4 Å².